The molecule has 23 heavy (non-hydrogen) atoms. The molecule has 0 radical (unpaired) electrons. The molecule has 4 rings (SSSR count). The highest BCUT2D eigenvalue weighted by Crippen LogP contribution is 2.28. The van der Waals surface area contributed by atoms with Gasteiger partial charge in [0.25, 0.3) is 5.89 Å². The van der Waals surface area contributed by atoms with Crippen molar-refractivity contribution in [3.63, 3.8) is 0 Å². The SMILES string of the molecule is Cc1ccccc1-c1noc(-c2cccc(N3CCCC3)c2)n1. The maximum absolute atomic E-state index is 5.50. The second-order valence-corrected chi connectivity index (χ2v) is 5.98. The van der Waals surface area contributed by atoms with Crippen molar-refractivity contribution >= 4 is 5.69 Å². The summed E-state index contributed by atoms with van der Waals surface area (Å²) < 4.78 is 5.50. The number of hydrogen-bond donors (Lipinski definition) is 0. The molecule has 3 aromatic rings. The number of nitrogens with zero attached hydrogens (tertiary/aromatic N) is 3. The van der Waals surface area contributed by atoms with Crippen LogP contribution in [0.3, 0.4) is 0 Å². The van der Waals surface area contributed by atoms with E-state index in [1.165, 1.54) is 18.5 Å². The van der Waals surface area contributed by atoms with Crippen LogP contribution < -0.4 is 4.90 Å². The predicted octanol–water partition coefficient (Wildman–Crippen LogP) is 4.31. The van der Waals surface area contributed by atoms with Crippen LogP contribution in [0.1, 0.15) is 18.4 Å². The minimum Gasteiger partial charge on any atom is -0.372 e. The first-order valence-electron chi connectivity index (χ1n) is 8.06. The smallest absolute Gasteiger partial charge is 0.258 e. The van der Waals surface area contributed by atoms with Gasteiger partial charge >= 0.3 is 0 Å². The van der Waals surface area contributed by atoms with E-state index in [-0.39, 0.29) is 0 Å². The maximum Gasteiger partial charge on any atom is 0.258 e. The second kappa shape index (κ2) is 5.88. The fraction of sp³-hybridized carbons (Fsp3) is 0.263. The molecule has 1 saturated heterocycles. The van der Waals surface area contributed by atoms with Gasteiger partial charge in [0.05, 0.1) is 0 Å². The van der Waals surface area contributed by atoms with E-state index < -0.39 is 0 Å². The van der Waals surface area contributed by atoms with Gasteiger partial charge in [-0.25, -0.2) is 0 Å². The lowest BCUT2D eigenvalue weighted by Crippen LogP contribution is -2.17. The van der Waals surface area contributed by atoms with Gasteiger partial charge in [-0.1, -0.05) is 35.5 Å². The van der Waals surface area contributed by atoms with Crippen molar-refractivity contribution < 1.29 is 4.52 Å². The van der Waals surface area contributed by atoms with Crippen LogP contribution in [0.5, 0.6) is 0 Å². The lowest BCUT2D eigenvalue weighted by atomic mass is 10.1. The Morgan fingerprint density at radius 1 is 1.00 bits per heavy atom. The number of hydrogen-bond acceptors (Lipinski definition) is 4. The standard InChI is InChI=1S/C19H19N3O/c1-14-7-2-3-10-17(14)18-20-19(23-21-18)15-8-6-9-16(13-15)22-11-4-5-12-22/h2-3,6-10,13H,4-5,11-12H2,1H3. The highest BCUT2D eigenvalue weighted by atomic mass is 16.5. The molecule has 0 saturated carbocycles. The van der Waals surface area contributed by atoms with Crippen molar-refractivity contribution in [3.8, 4) is 22.8 Å². The molecule has 0 N–H and O–H groups in total. The van der Waals surface area contributed by atoms with E-state index in [4.69, 9.17) is 4.52 Å². The first-order chi connectivity index (χ1) is 11.3. The third kappa shape index (κ3) is 2.72. The van der Waals surface area contributed by atoms with E-state index in [0.717, 1.165) is 29.8 Å². The van der Waals surface area contributed by atoms with E-state index >= 15 is 0 Å². The fourth-order valence-electron chi connectivity index (χ4n) is 3.08. The van der Waals surface area contributed by atoms with Crippen LogP contribution >= 0.6 is 0 Å². The Bertz CT molecular complexity index is 819. The minimum absolute atomic E-state index is 0.573. The Balaban J connectivity index is 1.67. The lowest BCUT2D eigenvalue weighted by Gasteiger charge is -2.17. The van der Waals surface area contributed by atoms with E-state index in [0.29, 0.717) is 11.7 Å². The Morgan fingerprint density at radius 2 is 1.83 bits per heavy atom. The predicted molar refractivity (Wildman–Crippen MR) is 91.4 cm³/mol. The highest BCUT2D eigenvalue weighted by molar-refractivity contribution is 5.65. The van der Waals surface area contributed by atoms with Crippen molar-refractivity contribution in [2.45, 2.75) is 19.8 Å². The Morgan fingerprint density at radius 3 is 2.65 bits per heavy atom. The van der Waals surface area contributed by atoms with E-state index in [1.54, 1.807) is 0 Å². The number of benzene rings is 2. The highest BCUT2D eigenvalue weighted by Gasteiger charge is 2.15. The van der Waals surface area contributed by atoms with Crippen molar-refractivity contribution in [1.82, 2.24) is 10.1 Å². The van der Waals surface area contributed by atoms with Gasteiger partial charge in [-0.2, -0.15) is 4.98 Å². The van der Waals surface area contributed by atoms with Crippen molar-refractivity contribution in [2.24, 2.45) is 0 Å². The molecule has 0 bridgehead atoms. The molecule has 116 valence electrons. The summed E-state index contributed by atoms with van der Waals surface area (Å²) in [7, 11) is 0. The molecule has 0 atom stereocenters. The molecule has 2 heterocycles. The zero-order chi connectivity index (χ0) is 15.6. The molecule has 1 aromatic heterocycles. The average Bonchev–Trinajstić information content (AvgIpc) is 3.27. The second-order valence-electron chi connectivity index (χ2n) is 5.98. The summed E-state index contributed by atoms with van der Waals surface area (Å²) in [6.07, 6.45) is 2.53. The summed E-state index contributed by atoms with van der Waals surface area (Å²) >= 11 is 0. The normalized spacial score (nSPS) is 14.4. The largest absolute Gasteiger partial charge is 0.372 e. The average molecular weight is 305 g/mol. The van der Waals surface area contributed by atoms with Crippen molar-refractivity contribution in [2.75, 3.05) is 18.0 Å². The third-order valence-corrected chi connectivity index (χ3v) is 4.38. The van der Waals surface area contributed by atoms with Gasteiger partial charge < -0.3 is 9.42 Å². The van der Waals surface area contributed by atoms with Crippen molar-refractivity contribution in [3.05, 3.63) is 54.1 Å². The summed E-state index contributed by atoms with van der Waals surface area (Å²) in [6, 6.07) is 16.4. The first-order valence-corrected chi connectivity index (χ1v) is 8.06. The topological polar surface area (TPSA) is 42.2 Å². The summed E-state index contributed by atoms with van der Waals surface area (Å²) in [5.41, 5.74) is 4.36. The molecular weight excluding hydrogens is 286 g/mol. The zero-order valence-corrected chi connectivity index (χ0v) is 13.2. The molecule has 2 aromatic carbocycles. The van der Waals surface area contributed by atoms with Crippen molar-refractivity contribution in [1.29, 1.82) is 0 Å². The van der Waals surface area contributed by atoms with Gasteiger partial charge in [0, 0.05) is 29.9 Å². The van der Waals surface area contributed by atoms with Crippen LogP contribution in [-0.4, -0.2) is 23.2 Å². The van der Waals surface area contributed by atoms with Crippen LogP contribution in [0.15, 0.2) is 53.1 Å². The molecule has 0 amide bonds. The van der Waals surface area contributed by atoms with E-state index in [9.17, 15) is 0 Å². The molecule has 4 heteroatoms. The summed E-state index contributed by atoms with van der Waals surface area (Å²) in [5.74, 6) is 1.22. The van der Waals surface area contributed by atoms with E-state index in [1.807, 2.05) is 24.3 Å². The molecular formula is C19H19N3O. The Kier molecular flexibility index (Phi) is 3.58. The summed E-state index contributed by atoms with van der Waals surface area (Å²) in [4.78, 5) is 6.99. The van der Waals surface area contributed by atoms with Crippen LogP contribution in [0, 0.1) is 6.92 Å². The van der Waals surface area contributed by atoms with Gasteiger partial charge in [-0.15, -0.1) is 0 Å². The zero-order valence-electron chi connectivity index (χ0n) is 13.2. The monoisotopic (exact) mass is 305 g/mol. The number of rotatable bonds is 3. The fourth-order valence-corrected chi connectivity index (χ4v) is 3.08. The summed E-state index contributed by atoms with van der Waals surface area (Å²) in [5, 5.41) is 4.15. The minimum atomic E-state index is 0.573. The van der Waals surface area contributed by atoms with Crippen LogP contribution in [0.4, 0.5) is 5.69 Å². The number of anilines is 1. The Hall–Kier alpha value is -2.62. The molecule has 4 nitrogen and oxygen atoms in total. The van der Waals surface area contributed by atoms with Gasteiger partial charge in [0.15, 0.2) is 0 Å². The van der Waals surface area contributed by atoms with Gasteiger partial charge in [0.2, 0.25) is 5.82 Å². The molecule has 0 unspecified atom stereocenters. The van der Waals surface area contributed by atoms with Crippen LogP contribution in [0.2, 0.25) is 0 Å². The molecule has 1 fully saturated rings. The maximum atomic E-state index is 5.50. The Labute approximate surface area is 135 Å². The number of aryl methyl sites for hydroxylation is 1. The molecule has 1 aliphatic rings. The number of aromatic nitrogens is 2. The summed E-state index contributed by atoms with van der Waals surface area (Å²) in [6.45, 7) is 4.31. The van der Waals surface area contributed by atoms with Gasteiger partial charge in [-0.05, 0) is 43.5 Å². The lowest BCUT2D eigenvalue weighted by molar-refractivity contribution is 0.432. The molecule has 0 aliphatic carbocycles. The quantitative estimate of drug-likeness (QED) is 0.723. The van der Waals surface area contributed by atoms with Crippen LogP contribution in [-0.2, 0) is 0 Å². The van der Waals surface area contributed by atoms with Gasteiger partial charge in [0.1, 0.15) is 0 Å². The molecule has 0 spiro atoms. The van der Waals surface area contributed by atoms with Crippen LogP contribution in [0.25, 0.3) is 22.8 Å². The first kappa shape index (κ1) is 14.0. The molecule has 1 aliphatic heterocycles. The van der Waals surface area contributed by atoms with Gasteiger partial charge in [-0.3, -0.25) is 0 Å². The third-order valence-electron chi connectivity index (χ3n) is 4.38. The van der Waals surface area contributed by atoms with E-state index in [2.05, 4.69) is 46.2 Å².